The maximum Gasteiger partial charge on any atom is 0.240 e. The van der Waals surface area contributed by atoms with Crippen LogP contribution in [0.2, 0.25) is 0 Å². The first-order valence-electron chi connectivity index (χ1n) is 5.82. The lowest BCUT2D eigenvalue weighted by molar-refractivity contribution is -0.0818. The molecule has 8 heteroatoms. The van der Waals surface area contributed by atoms with Gasteiger partial charge in [-0.3, -0.25) is 0 Å². The van der Waals surface area contributed by atoms with Crippen molar-refractivity contribution in [3.63, 3.8) is 0 Å². The molecule has 0 bridgehead atoms. The summed E-state index contributed by atoms with van der Waals surface area (Å²) in [6, 6.07) is 4.52. The second kappa shape index (κ2) is 5.74. The Morgan fingerprint density at radius 2 is 2.16 bits per heavy atom. The molecule has 5 N–H and O–H groups in total. The van der Waals surface area contributed by atoms with Crippen LogP contribution in [0, 0.1) is 0 Å². The Kier molecular flexibility index (Phi) is 4.25. The van der Waals surface area contributed by atoms with Gasteiger partial charge in [0.1, 0.15) is 4.90 Å². The second-order valence-corrected chi connectivity index (χ2v) is 5.78. The van der Waals surface area contributed by atoms with Crippen molar-refractivity contribution in [2.24, 2.45) is 5.14 Å². The summed E-state index contributed by atoms with van der Waals surface area (Å²) in [7, 11) is -3.78. The van der Waals surface area contributed by atoms with Gasteiger partial charge in [0.25, 0.3) is 0 Å². The summed E-state index contributed by atoms with van der Waals surface area (Å²) in [5, 5.41) is 8.15. The molecule has 2 rings (SSSR count). The van der Waals surface area contributed by atoms with Crippen LogP contribution in [-0.4, -0.2) is 40.9 Å². The molecule has 0 amide bonds. The molecule has 7 nitrogen and oxygen atoms in total. The van der Waals surface area contributed by atoms with Gasteiger partial charge in [-0.1, -0.05) is 0 Å². The molecule has 19 heavy (non-hydrogen) atoms. The monoisotopic (exact) mass is 287 g/mol. The Balaban J connectivity index is 2.00. The van der Waals surface area contributed by atoms with E-state index in [9.17, 15) is 8.42 Å². The number of sulfonamides is 1. The highest BCUT2D eigenvalue weighted by Crippen LogP contribution is 2.21. The molecule has 0 radical (unpaired) electrons. The van der Waals surface area contributed by atoms with Crippen molar-refractivity contribution in [1.29, 1.82) is 0 Å². The highest BCUT2D eigenvalue weighted by molar-refractivity contribution is 7.89. The molecule has 1 fully saturated rings. The highest BCUT2D eigenvalue weighted by Gasteiger charge is 2.15. The van der Waals surface area contributed by atoms with Crippen LogP contribution in [0.5, 0.6) is 0 Å². The number of primary sulfonamides is 1. The van der Waals surface area contributed by atoms with Crippen LogP contribution in [-0.2, 0) is 19.5 Å². The zero-order valence-corrected chi connectivity index (χ0v) is 11.2. The summed E-state index contributed by atoms with van der Waals surface area (Å²) >= 11 is 0. The number of anilines is 2. The van der Waals surface area contributed by atoms with Crippen LogP contribution < -0.4 is 16.2 Å². The molecule has 1 aromatic rings. The molecule has 0 saturated carbocycles. The Labute approximate surface area is 111 Å². The number of rotatable bonds is 4. The van der Waals surface area contributed by atoms with E-state index in [4.69, 9.17) is 20.3 Å². The zero-order chi connectivity index (χ0) is 13.9. The minimum atomic E-state index is -3.78. The summed E-state index contributed by atoms with van der Waals surface area (Å²) in [5.41, 5.74) is 6.49. The largest absolute Gasteiger partial charge is 0.398 e. The minimum absolute atomic E-state index is 0.0205. The Hall–Kier alpha value is -1.35. The van der Waals surface area contributed by atoms with Crippen LogP contribution in [0.4, 0.5) is 11.4 Å². The van der Waals surface area contributed by atoms with Crippen molar-refractivity contribution < 1.29 is 17.9 Å². The zero-order valence-electron chi connectivity index (χ0n) is 10.3. The molecule has 0 aromatic heterocycles. The number of hydrogen-bond donors (Lipinski definition) is 3. The first-order chi connectivity index (χ1) is 8.97. The first-order valence-corrected chi connectivity index (χ1v) is 7.37. The van der Waals surface area contributed by atoms with Gasteiger partial charge in [0.05, 0.1) is 31.6 Å². The van der Waals surface area contributed by atoms with E-state index >= 15 is 0 Å². The minimum Gasteiger partial charge on any atom is -0.398 e. The lowest BCUT2D eigenvalue weighted by Crippen LogP contribution is -2.34. The molecule has 1 atom stereocenters. The molecule has 1 heterocycles. The maximum absolute atomic E-state index is 11.2. The van der Waals surface area contributed by atoms with Crippen LogP contribution >= 0.6 is 0 Å². The van der Waals surface area contributed by atoms with E-state index in [1.165, 1.54) is 12.1 Å². The molecule has 1 aromatic carbocycles. The first kappa shape index (κ1) is 14.1. The summed E-state index contributed by atoms with van der Waals surface area (Å²) in [4.78, 5) is -0.0738. The third kappa shape index (κ3) is 3.80. The van der Waals surface area contributed by atoms with E-state index in [0.717, 1.165) is 0 Å². The molecule has 0 spiro atoms. The molecule has 106 valence electrons. The predicted octanol–water partition coefficient (Wildman–Crippen LogP) is -0.256. The van der Waals surface area contributed by atoms with Gasteiger partial charge in [0, 0.05) is 12.2 Å². The average Bonchev–Trinajstić information content (AvgIpc) is 2.36. The summed E-state index contributed by atoms with van der Waals surface area (Å²) < 4.78 is 33.2. The van der Waals surface area contributed by atoms with Crippen molar-refractivity contribution in [2.45, 2.75) is 11.0 Å². The van der Waals surface area contributed by atoms with Crippen molar-refractivity contribution >= 4 is 21.4 Å². The predicted molar refractivity (Wildman–Crippen MR) is 71.3 cm³/mol. The van der Waals surface area contributed by atoms with Crippen LogP contribution in [0.25, 0.3) is 0 Å². The third-order valence-electron chi connectivity index (χ3n) is 2.74. The van der Waals surface area contributed by atoms with Crippen LogP contribution in [0.1, 0.15) is 0 Å². The molecule has 1 saturated heterocycles. The fraction of sp³-hybridized carbons (Fsp3) is 0.455. The number of benzene rings is 1. The fourth-order valence-corrected chi connectivity index (χ4v) is 2.45. The highest BCUT2D eigenvalue weighted by atomic mass is 32.2. The number of nitrogens with one attached hydrogen (secondary N) is 1. The maximum atomic E-state index is 11.2. The van der Waals surface area contributed by atoms with E-state index in [-0.39, 0.29) is 16.7 Å². The lowest BCUT2D eigenvalue weighted by atomic mass is 10.2. The SMILES string of the molecule is Nc1cc(NCC2COCCO2)ccc1S(N)(=O)=O. The quantitative estimate of drug-likeness (QED) is 0.657. The van der Waals surface area contributed by atoms with Crippen molar-refractivity contribution in [1.82, 2.24) is 0 Å². The Bertz CT molecular complexity index is 541. The standard InChI is InChI=1S/C11H17N3O4S/c12-10-5-8(1-2-11(10)19(13,15)16)14-6-9-7-17-3-4-18-9/h1-2,5,9,14H,3-4,6-7,12H2,(H2,13,15,16). The topological polar surface area (TPSA) is 117 Å². The molecule has 1 unspecified atom stereocenters. The van der Waals surface area contributed by atoms with Crippen molar-refractivity contribution in [3.8, 4) is 0 Å². The van der Waals surface area contributed by atoms with Crippen LogP contribution in [0.15, 0.2) is 23.1 Å². The van der Waals surface area contributed by atoms with Gasteiger partial charge < -0.3 is 20.5 Å². The van der Waals surface area contributed by atoms with Gasteiger partial charge in [-0.25, -0.2) is 13.6 Å². The summed E-state index contributed by atoms with van der Waals surface area (Å²) in [5.74, 6) is 0. The molecule has 1 aliphatic rings. The van der Waals surface area contributed by atoms with Gasteiger partial charge in [0.2, 0.25) is 10.0 Å². The number of nitrogens with two attached hydrogens (primary N) is 2. The van der Waals surface area contributed by atoms with E-state index in [0.29, 0.717) is 32.1 Å². The van der Waals surface area contributed by atoms with Crippen LogP contribution in [0.3, 0.4) is 0 Å². The van der Waals surface area contributed by atoms with Gasteiger partial charge in [-0.05, 0) is 18.2 Å². The number of ether oxygens (including phenoxy) is 2. The van der Waals surface area contributed by atoms with E-state index < -0.39 is 10.0 Å². The molecular weight excluding hydrogens is 270 g/mol. The normalized spacial score (nSPS) is 20.2. The summed E-state index contributed by atoms with van der Waals surface area (Å²) in [6.45, 7) is 2.30. The number of hydrogen-bond acceptors (Lipinski definition) is 6. The van der Waals surface area contributed by atoms with Crippen molar-refractivity contribution in [3.05, 3.63) is 18.2 Å². The van der Waals surface area contributed by atoms with Crippen molar-refractivity contribution in [2.75, 3.05) is 37.4 Å². The lowest BCUT2D eigenvalue weighted by Gasteiger charge is -2.23. The summed E-state index contributed by atoms with van der Waals surface area (Å²) in [6.07, 6.45) is -0.0205. The Morgan fingerprint density at radius 3 is 2.74 bits per heavy atom. The van der Waals surface area contributed by atoms with E-state index in [2.05, 4.69) is 5.32 Å². The Morgan fingerprint density at radius 1 is 1.37 bits per heavy atom. The van der Waals surface area contributed by atoms with Gasteiger partial charge >= 0.3 is 0 Å². The van der Waals surface area contributed by atoms with Gasteiger partial charge in [-0.15, -0.1) is 0 Å². The average molecular weight is 287 g/mol. The van der Waals surface area contributed by atoms with E-state index in [1.807, 2.05) is 0 Å². The van der Waals surface area contributed by atoms with E-state index in [1.54, 1.807) is 6.07 Å². The second-order valence-electron chi connectivity index (χ2n) is 4.25. The molecule has 1 aliphatic heterocycles. The third-order valence-corrected chi connectivity index (χ3v) is 3.72. The fourth-order valence-electron chi connectivity index (χ4n) is 1.80. The van der Waals surface area contributed by atoms with Gasteiger partial charge in [0.15, 0.2) is 0 Å². The molecular formula is C11H17N3O4S. The van der Waals surface area contributed by atoms with Gasteiger partial charge in [-0.2, -0.15) is 0 Å². The smallest absolute Gasteiger partial charge is 0.240 e. The molecule has 0 aliphatic carbocycles. The number of nitrogen functional groups attached to an aromatic ring is 1.